The average molecular weight is 287 g/mol. The van der Waals surface area contributed by atoms with Gasteiger partial charge in [-0.25, -0.2) is 0 Å². The highest BCUT2D eigenvalue weighted by Gasteiger charge is 2.59. The predicted molar refractivity (Wildman–Crippen MR) is 79.5 cm³/mol. The third-order valence-corrected chi connectivity index (χ3v) is 5.74. The molecule has 1 amide bonds. The van der Waals surface area contributed by atoms with E-state index in [4.69, 9.17) is 0 Å². The van der Waals surface area contributed by atoms with Crippen molar-refractivity contribution in [2.24, 2.45) is 17.3 Å². The van der Waals surface area contributed by atoms with Crippen LogP contribution in [0.15, 0.2) is 0 Å². The molecule has 0 radical (unpaired) electrons. The molecule has 110 valence electrons. The Bertz CT molecular complexity index is 341. The van der Waals surface area contributed by atoms with E-state index in [9.17, 15) is 4.79 Å². The second-order valence-electron chi connectivity index (χ2n) is 6.76. The molecule has 2 aliphatic heterocycles. The highest BCUT2D eigenvalue weighted by Crippen LogP contribution is 2.59. The highest BCUT2D eigenvalue weighted by atomic mass is 35.5. The van der Waals surface area contributed by atoms with Crippen molar-refractivity contribution in [3.05, 3.63) is 0 Å². The number of piperidine rings is 2. The fourth-order valence-electron chi connectivity index (χ4n) is 4.02. The number of carbonyl (C=O) groups excluding carboxylic acids is 1. The van der Waals surface area contributed by atoms with Crippen LogP contribution in [0.1, 0.15) is 46.0 Å². The third kappa shape index (κ3) is 2.64. The van der Waals surface area contributed by atoms with Crippen molar-refractivity contribution in [2.75, 3.05) is 19.6 Å². The summed E-state index contributed by atoms with van der Waals surface area (Å²) in [5.74, 6) is 1.49. The van der Waals surface area contributed by atoms with Crippen LogP contribution >= 0.6 is 12.4 Å². The van der Waals surface area contributed by atoms with Crippen LogP contribution in [0.5, 0.6) is 0 Å². The zero-order valence-corrected chi connectivity index (χ0v) is 13.0. The van der Waals surface area contributed by atoms with Crippen molar-refractivity contribution < 1.29 is 4.79 Å². The van der Waals surface area contributed by atoms with Gasteiger partial charge in [-0.2, -0.15) is 0 Å². The first-order valence-corrected chi connectivity index (χ1v) is 7.65. The quantitative estimate of drug-likeness (QED) is 0.803. The van der Waals surface area contributed by atoms with Crippen molar-refractivity contribution in [1.82, 2.24) is 10.2 Å². The van der Waals surface area contributed by atoms with Gasteiger partial charge in [0, 0.05) is 18.5 Å². The van der Waals surface area contributed by atoms with Crippen LogP contribution in [-0.2, 0) is 4.79 Å². The Hall–Kier alpha value is -0.280. The van der Waals surface area contributed by atoms with E-state index in [1.165, 1.54) is 25.7 Å². The molecular weight excluding hydrogens is 260 g/mol. The van der Waals surface area contributed by atoms with Gasteiger partial charge in [0.1, 0.15) is 0 Å². The van der Waals surface area contributed by atoms with Crippen LogP contribution in [-0.4, -0.2) is 36.5 Å². The zero-order valence-electron chi connectivity index (χ0n) is 12.2. The van der Waals surface area contributed by atoms with Crippen LogP contribution in [0.3, 0.4) is 0 Å². The number of likely N-dealkylation sites (tertiary alicyclic amines) is 1. The summed E-state index contributed by atoms with van der Waals surface area (Å²) in [6, 6.07) is 0.450. The topological polar surface area (TPSA) is 32.3 Å². The van der Waals surface area contributed by atoms with Crippen molar-refractivity contribution in [3.63, 3.8) is 0 Å². The van der Waals surface area contributed by atoms with Gasteiger partial charge in [0.25, 0.3) is 0 Å². The SMILES string of the molecule is CC1CCCN(C(=O)C2CC23CCNCC3)C1C.Cl. The number of nitrogens with one attached hydrogen (secondary N) is 1. The molecule has 3 rings (SSSR count). The smallest absolute Gasteiger partial charge is 0.226 e. The largest absolute Gasteiger partial charge is 0.339 e. The highest BCUT2D eigenvalue weighted by molar-refractivity contribution is 5.85. The molecule has 3 unspecified atom stereocenters. The summed E-state index contributed by atoms with van der Waals surface area (Å²) < 4.78 is 0. The molecule has 1 aliphatic carbocycles. The molecular formula is C15H27ClN2O. The van der Waals surface area contributed by atoms with E-state index in [2.05, 4.69) is 24.1 Å². The van der Waals surface area contributed by atoms with Gasteiger partial charge in [-0.3, -0.25) is 4.79 Å². The van der Waals surface area contributed by atoms with Gasteiger partial charge >= 0.3 is 0 Å². The minimum Gasteiger partial charge on any atom is -0.339 e. The maximum atomic E-state index is 12.7. The number of amides is 1. The van der Waals surface area contributed by atoms with E-state index in [0.29, 0.717) is 29.2 Å². The fourth-order valence-corrected chi connectivity index (χ4v) is 4.02. The van der Waals surface area contributed by atoms with Crippen LogP contribution in [0.4, 0.5) is 0 Å². The summed E-state index contributed by atoms with van der Waals surface area (Å²) in [5.41, 5.74) is 0.392. The number of halogens is 1. The number of rotatable bonds is 1. The molecule has 19 heavy (non-hydrogen) atoms. The molecule has 2 heterocycles. The molecule has 1 N–H and O–H groups in total. The Morgan fingerprint density at radius 3 is 2.63 bits per heavy atom. The number of hydrogen-bond acceptors (Lipinski definition) is 2. The summed E-state index contributed by atoms with van der Waals surface area (Å²) in [5, 5.41) is 3.41. The first-order chi connectivity index (χ1) is 8.64. The summed E-state index contributed by atoms with van der Waals surface area (Å²) in [7, 11) is 0. The van der Waals surface area contributed by atoms with Gasteiger partial charge < -0.3 is 10.2 Å². The monoisotopic (exact) mass is 286 g/mol. The van der Waals surface area contributed by atoms with Crippen LogP contribution in [0.2, 0.25) is 0 Å². The van der Waals surface area contributed by atoms with Crippen LogP contribution in [0.25, 0.3) is 0 Å². The average Bonchev–Trinajstić information content (AvgIpc) is 3.06. The maximum absolute atomic E-state index is 12.7. The molecule has 0 aromatic carbocycles. The lowest BCUT2D eigenvalue weighted by atomic mass is 9.89. The van der Waals surface area contributed by atoms with Crippen molar-refractivity contribution in [2.45, 2.75) is 52.0 Å². The standard InChI is InChI=1S/C15H26N2O.ClH/c1-11-4-3-9-17(12(11)2)14(18)13-10-15(13)5-7-16-8-6-15;/h11-13,16H,3-10H2,1-2H3;1H. The van der Waals surface area contributed by atoms with E-state index in [-0.39, 0.29) is 12.4 Å². The lowest BCUT2D eigenvalue weighted by Gasteiger charge is -2.38. The Morgan fingerprint density at radius 2 is 1.95 bits per heavy atom. The van der Waals surface area contributed by atoms with Crippen molar-refractivity contribution in [3.8, 4) is 0 Å². The van der Waals surface area contributed by atoms with Crippen LogP contribution < -0.4 is 5.32 Å². The van der Waals surface area contributed by atoms with Gasteiger partial charge in [-0.1, -0.05) is 6.92 Å². The number of hydrogen-bond donors (Lipinski definition) is 1. The second-order valence-corrected chi connectivity index (χ2v) is 6.76. The first kappa shape index (κ1) is 15.1. The predicted octanol–water partition coefficient (Wildman–Crippen LogP) is 2.44. The summed E-state index contributed by atoms with van der Waals surface area (Å²) >= 11 is 0. The minimum absolute atomic E-state index is 0. The Morgan fingerprint density at radius 1 is 1.26 bits per heavy atom. The maximum Gasteiger partial charge on any atom is 0.226 e. The van der Waals surface area contributed by atoms with E-state index in [1.54, 1.807) is 0 Å². The second kappa shape index (κ2) is 5.61. The Labute approximate surface area is 122 Å². The first-order valence-electron chi connectivity index (χ1n) is 7.65. The molecule has 3 aliphatic rings. The van der Waals surface area contributed by atoms with Gasteiger partial charge in [-0.05, 0) is 63.5 Å². The van der Waals surface area contributed by atoms with Gasteiger partial charge in [0.15, 0.2) is 0 Å². The molecule has 3 nitrogen and oxygen atoms in total. The van der Waals surface area contributed by atoms with E-state index >= 15 is 0 Å². The normalized spacial score (nSPS) is 36.7. The summed E-state index contributed by atoms with van der Waals surface area (Å²) in [6.07, 6.45) is 6.05. The molecule has 0 aromatic rings. The molecule has 0 bridgehead atoms. The lowest BCUT2D eigenvalue weighted by Crippen LogP contribution is -2.47. The molecule has 3 fully saturated rings. The van der Waals surface area contributed by atoms with Gasteiger partial charge in [-0.15, -0.1) is 12.4 Å². The number of carbonyl (C=O) groups is 1. The zero-order chi connectivity index (χ0) is 12.8. The molecule has 0 aromatic heterocycles. The van der Waals surface area contributed by atoms with Crippen molar-refractivity contribution in [1.29, 1.82) is 0 Å². The fraction of sp³-hybridized carbons (Fsp3) is 0.933. The third-order valence-electron chi connectivity index (χ3n) is 5.74. The molecule has 3 atom stereocenters. The van der Waals surface area contributed by atoms with E-state index in [1.807, 2.05) is 0 Å². The lowest BCUT2D eigenvalue weighted by molar-refractivity contribution is -0.138. The summed E-state index contributed by atoms with van der Waals surface area (Å²) in [4.78, 5) is 14.9. The van der Waals surface area contributed by atoms with E-state index in [0.717, 1.165) is 26.1 Å². The molecule has 1 saturated carbocycles. The van der Waals surface area contributed by atoms with Crippen molar-refractivity contribution >= 4 is 18.3 Å². The minimum atomic E-state index is 0. The van der Waals surface area contributed by atoms with Crippen LogP contribution in [0, 0.1) is 17.3 Å². The molecule has 1 spiro atoms. The van der Waals surface area contributed by atoms with Gasteiger partial charge in [0.05, 0.1) is 0 Å². The molecule has 4 heteroatoms. The van der Waals surface area contributed by atoms with Gasteiger partial charge in [0.2, 0.25) is 5.91 Å². The Balaban J connectivity index is 0.00000133. The van der Waals surface area contributed by atoms with E-state index < -0.39 is 0 Å². The Kier molecular flexibility index (Phi) is 4.46. The number of nitrogens with zero attached hydrogens (tertiary/aromatic N) is 1. The summed E-state index contributed by atoms with van der Waals surface area (Å²) in [6.45, 7) is 7.73. The molecule has 2 saturated heterocycles.